The van der Waals surface area contributed by atoms with Gasteiger partial charge >= 0.3 is 0 Å². The Morgan fingerprint density at radius 1 is 1.03 bits per heavy atom. The van der Waals surface area contributed by atoms with Gasteiger partial charge in [-0.3, -0.25) is 9.59 Å². The van der Waals surface area contributed by atoms with Gasteiger partial charge in [-0.1, -0.05) is 18.2 Å². The van der Waals surface area contributed by atoms with Crippen molar-refractivity contribution in [2.45, 2.75) is 44.6 Å². The molecule has 29 heavy (non-hydrogen) atoms. The van der Waals surface area contributed by atoms with Gasteiger partial charge in [0, 0.05) is 38.6 Å². The molecule has 3 fully saturated rings. The molecule has 1 N–H and O–H groups in total. The van der Waals surface area contributed by atoms with Crippen LogP contribution >= 0.6 is 0 Å². The molecule has 2 unspecified atom stereocenters. The number of nitrogens with one attached hydrogen (secondary N) is 1. The summed E-state index contributed by atoms with van der Waals surface area (Å²) in [7, 11) is 0. The molecule has 0 spiro atoms. The molecule has 2 amide bonds. The molecule has 0 aromatic heterocycles. The highest BCUT2D eigenvalue weighted by molar-refractivity contribution is 5.78. The van der Waals surface area contributed by atoms with Crippen LogP contribution in [-0.2, 0) is 9.59 Å². The molecular weight excluding hydrogens is 366 g/mol. The second-order valence-corrected chi connectivity index (χ2v) is 8.76. The minimum atomic E-state index is 0.0772. The first-order valence-corrected chi connectivity index (χ1v) is 11.2. The molecule has 1 aromatic carbocycles. The lowest BCUT2D eigenvalue weighted by atomic mass is 9.79. The molecular formula is C23H33N3O3. The minimum Gasteiger partial charge on any atom is -0.484 e. The average molecular weight is 400 g/mol. The van der Waals surface area contributed by atoms with Crippen LogP contribution in [0.3, 0.4) is 0 Å². The highest BCUT2D eigenvalue weighted by Crippen LogP contribution is 2.30. The van der Waals surface area contributed by atoms with Crippen molar-refractivity contribution in [3.05, 3.63) is 30.3 Å². The van der Waals surface area contributed by atoms with E-state index in [1.54, 1.807) is 0 Å². The van der Waals surface area contributed by atoms with Gasteiger partial charge in [-0.15, -0.1) is 0 Å². The number of benzene rings is 1. The maximum Gasteiger partial charge on any atom is 0.260 e. The number of hydrogen-bond acceptors (Lipinski definition) is 4. The lowest BCUT2D eigenvalue weighted by Gasteiger charge is -2.46. The number of rotatable bonds is 7. The Hall–Kier alpha value is -2.08. The van der Waals surface area contributed by atoms with E-state index >= 15 is 0 Å². The van der Waals surface area contributed by atoms with Crippen molar-refractivity contribution < 1.29 is 14.3 Å². The van der Waals surface area contributed by atoms with E-state index in [9.17, 15) is 9.59 Å². The van der Waals surface area contributed by atoms with Crippen molar-refractivity contribution in [1.29, 1.82) is 0 Å². The SMILES string of the molecule is O=C(CCC[C@H]1NCC2CC1CN(C(=O)COc1ccccc1)C2)N1CCCC1. The third-order valence-corrected chi connectivity index (χ3v) is 6.63. The van der Waals surface area contributed by atoms with Crippen LogP contribution in [0, 0.1) is 11.8 Å². The van der Waals surface area contributed by atoms with Crippen LogP contribution in [0.4, 0.5) is 0 Å². The molecule has 0 saturated carbocycles. The molecule has 3 atom stereocenters. The van der Waals surface area contributed by atoms with Crippen molar-refractivity contribution in [2.75, 3.05) is 39.3 Å². The fourth-order valence-corrected chi connectivity index (χ4v) is 5.06. The Morgan fingerprint density at radius 3 is 2.62 bits per heavy atom. The van der Waals surface area contributed by atoms with Crippen LogP contribution in [0.25, 0.3) is 0 Å². The highest BCUT2D eigenvalue weighted by atomic mass is 16.5. The first kappa shape index (κ1) is 20.2. The van der Waals surface area contributed by atoms with Gasteiger partial charge in [-0.05, 0) is 62.6 Å². The van der Waals surface area contributed by atoms with Crippen molar-refractivity contribution in [3.8, 4) is 5.75 Å². The van der Waals surface area contributed by atoms with Crippen LogP contribution < -0.4 is 10.1 Å². The molecule has 3 aliphatic heterocycles. The number of carbonyl (C=O) groups excluding carboxylic acids is 2. The first-order valence-electron chi connectivity index (χ1n) is 11.2. The number of hydrogen-bond donors (Lipinski definition) is 1. The molecule has 3 aliphatic rings. The molecule has 0 aliphatic carbocycles. The maximum absolute atomic E-state index is 12.7. The molecule has 3 saturated heterocycles. The van der Waals surface area contributed by atoms with Gasteiger partial charge in [0.1, 0.15) is 5.75 Å². The quantitative estimate of drug-likeness (QED) is 0.764. The Kier molecular flexibility index (Phi) is 6.70. The van der Waals surface area contributed by atoms with Crippen molar-refractivity contribution in [1.82, 2.24) is 15.1 Å². The van der Waals surface area contributed by atoms with Gasteiger partial charge in [0.2, 0.25) is 5.91 Å². The summed E-state index contributed by atoms with van der Waals surface area (Å²) >= 11 is 0. The van der Waals surface area contributed by atoms with E-state index < -0.39 is 0 Å². The smallest absolute Gasteiger partial charge is 0.260 e. The zero-order valence-corrected chi connectivity index (χ0v) is 17.2. The van der Waals surface area contributed by atoms with Crippen LogP contribution in [0.2, 0.25) is 0 Å². The molecule has 158 valence electrons. The third-order valence-electron chi connectivity index (χ3n) is 6.63. The topological polar surface area (TPSA) is 61.9 Å². The summed E-state index contributed by atoms with van der Waals surface area (Å²) < 4.78 is 5.66. The van der Waals surface area contributed by atoms with Gasteiger partial charge in [0.15, 0.2) is 6.61 Å². The van der Waals surface area contributed by atoms with E-state index in [0.717, 1.165) is 64.2 Å². The van der Waals surface area contributed by atoms with Gasteiger partial charge in [0.05, 0.1) is 0 Å². The van der Waals surface area contributed by atoms with E-state index in [1.807, 2.05) is 40.1 Å². The predicted molar refractivity (Wildman–Crippen MR) is 112 cm³/mol. The van der Waals surface area contributed by atoms with Gasteiger partial charge in [0.25, 0.3) is 5.91 Å². The van der Waals surface area contributed by atoms with Crippen LogP contribution in [0.15, 0.2) is 30.3 Å². The number of nitrogens with zero attached hydrogens (tertiary/aromatic N) is 2. The predicted octanol–water partition coefficient (Wildman–Crippen LogP) is 2.29. The first-order chi connectivity index (χ1) is 14.2. The molecule has 6 heteroatoms. The van der Waals surface area contributed by atoms with Crippen LogP contribution in [-0.4, -0.2) is 67.0 Å². The molecule has 3 heterocycles. The zero-order chi connectivity index (χ0) is 20.1. The molecule has 0 radical (unpaired) electrons. The Morgan fingerprint density at radius 2 is 1.83 bits per heavy atom. The summed E-state index contributed by atoms with van der Waals surface area (Å²) in [5, 5.41) is 3.69. The number of amides is 2. The monoisotopic (exact) mass is 399 g/mol. The Bertz CT molecular complexity index is 690. The van der Waals surface area contributed by atoms with Crippen molar-refractivity contribution >= 4 is 11.8 Å². The molecule has 6 nitrogen and oxygen atoms in total. The number of likely N-dealkylation sites (tertiary alicyclic amines) is 2. The number of piperidine rings is 2. The van der Waals surface area contributed by atoms with E-state index in [-0.39, 0.29) is 12.5 Å². The molecule has 1 aromatic rings. The van der Waals surface area contributed by atoms with Crippen molar-refractivity contribution in [2.24, 2.45) is 11.8 Å². The Balaban J connectivity index is 1.23. The average Bonchev–Trinajstić information content (AvgIpc) is 3.29. The standard InChI is InChI=1S/C23H33N3O3/c27-22(25-11-4-5-12-25)10-6-9-21-19-13-18(14-24-21)15-26(16-19)23(28)17-29-20-7-2-1-3-8-20/h1-3,7-8,18-19,21,24H,4-6,9-17H2/t18?,19?,21-/m1/s1. The highest BCUT2D eigenvalue weighted by Gasteiger charge is 2.37. The minimum absolute atomic E-state index is 0.0772. The molecule has 2 bridgehead atoms. The summed E-state index contributed by atoms with van der Waals surface area (Å²) in [5.74, 6) is 2.13. The van der Waals surface area contributed by atoms with Crippen LogP contribution in [0.5, 0.6) is 5.75 Å². The largest absolute Gasteiger partial charge is 0.484 e. The van der Waals surface area contributed by atoms with E-state index in [2.05, 4.69) is 5.32 Å². The number of fused-ring (bicyclic) bond motifs is 2. The lowest BCUT2D eigenvalue weighted by molar-refractivity contribution is -0.137. The number of ether oxygens (including phenoxy) is 1. The number of para-hydroxylation sites is 1. The maximum atomic E-state index is 12.7. The molecule has 4 rings (SSSR count). The fourth-order valence-electron chi connectivity index (χ4n) is 5.06. The lowest BCUT2D eigenvalue weighted by Crippen LogP contribution is -2.57. The zero-order valence-electron chi connectivity index (χ0n) is 17.2. The fraction of sp³-hybridized carbons (Fsp3) is 0.652. The third kappa shape index (κ3) is 5.30. The summed E-state index contributed by atoms with van der Waals surface area (Å²) in [6, 6.07) is 9.92. The van der Waals surface area contributed by atoms with E-state index in [1.165, 1.54) is 6.42 Å². The van der Waals surface area contributed by atoms with Gasteiger partial charge in [-0.2, -0.15) is 0 Å². The van der Waals surface area contributed by atoms with E-state index in [4.69, 9.17) is 4.74 Å². The number of carbonyl (C=O) groups is 2. The Labute approximate surface area is 173 Å². The normalized spacial score (nSPS) is 26.4. The second-order valence-electron chi connectivity index (χ2n) is 8.76. The van der Waals surface area contributed by atoms with Gasteiger partial charge in [-0.25, -0.2) is 0 Å². The second kappa shape index (κ2) is 9.61. The van der Waals surface area contributed by atoms with Gasteiger partial charge < -0.3 is 19.9 Å². The van der Waals surface area contributed by atoms with Crippen LogP contribution in [0.1, 0.15) is 38.5 Å². The van der Waals surface area contributed by atoms with Crippen molar-refractivity contribution in [3.63, 3.8) is 0 Å². The van der Waals surface area contributed by atoms with E-state index in [0.29, 0.717) is 30.2 Å². The summed E-state index contributed by atoms with van der Waals surface area (Å²) in [5.41, 5.74) is 0. The summed E-state index contributed by atoms with van der Waals surface area (Å²) in [6.07, 6.45) is 6.08. The summed E-state index contributed by atoms with van der Waals surface area (Å²) in [4.78, 5) is 29.0. The summed E-state index contributed by atoms with van der Waals surface area (Å²) in [6.45, 7) is 4.56.